The maximum atomic E-state index is 14.0. The van der Waals surface area contributed by atoms with Gasteiger partial charge in [-0.25, -0.2) is 13.8 Å². The van der Waals surface area contributed by atoms with Crippen LogP contribution in [0.25, 0.3) is 0 Å². The number of carbonyl (C=O) groups is 2. The van der Waals surface area contributed by atoms with Crippen molar-refractivity contribution < 1.29 is 18.4 Å². The van der Waals surface area contributed by atoms with Crippen LogP contribution in [-0.2, 0) is 11.2 Å². The Bertz CT molecular complexity index is 1120. The monoisotopic (exact) mass is 434 g/mol. The van der Waals surface area contributed by atoms with E-state index in [2.05, 4.69) is 4.98 Å². The number of fused-ring (bicyclic) bond motifs is 1. The zero-order chi connectivity index (χ0) is 23.1. The molecule has 1 heterocycles. The molecule has 6 nitrogen and oxygen atoms in total. The Hall–Kier alpha value is -4.12. The lowest BCUT2D eigenvalue weighted by molar-refractivity contribution is -0.119. The quantitative estimate of drug-likeness (QED) is 0.679. The number of halogens is 2. The summed E-state index contributed by atoms with van der Waals surface area (Å²) in [5.74, 6) is -2.72. The molecule has 0 radical (unpaired) electrons. The van der Waals surface area contributed by atoms with Crippen LogP contribution in [0.1, 0.15) is 39.6 Å². The van der Waals surface area contributed by atoms with Crippen molar-refractivity contribution in [1.82, 2.24) is 9.88 Å². The minimum atomic E-state index is -0.750. The van der Waals surface area contributed by atoms with Crippen LogP contribution in [0, 0.1) is 23.0 Å². The molecule has 1 aliphatic rings. The summed E-state index contributed by atoms with van der Waals surface area (Å²) in [5.41, 5.74) is 6.21. The van der Waals surface area contributed by atoms with Gasteiger partial charge >= 0.3 is 0 Å². The van der Waals surface area contributed by atoms with Crippen LogP contribution >= 0.6 is 0 Å². The predicted molar refractivity (Wildman–Crippen MR) is 113 cm³/mol. The zero-order valence-corrected chi connectivity index (χ0v) is 17.0. The van der Waals surface area contributed by atoms with Gasteiger partial charge in [0.25, 0.3) is 5.91 Å². The van der Waals surface area contributed by atoms with Crippen molar-refractivity contribution in [3.63, 3.8) is 0 Å². The first-order chi connectivity index (χ1) is 15.4. The second-order valence-electron chi connectivity index (χ2n) is 7.11. The molecule has 2 amide bonds. The minimum Gasteiger partial charge on any atom is -0.368 e. The summed E-state index contributed by atoms with van der Waals surface area (Å²) in [7, 11) is 0. The molecule has 0 bridgehead atoms. The Balaban J connectivity index is 0.000000416. The number of hydrogen-bond donors (Lipinski definition) is 1. The molecule has 1 atom stereocenters. The fraction of sp³-hybridized carbons (Fsp3) is 0.167. The normalized spacial score (nSPS) is 13.8. The molecule has 4 rings (SSSR count). The van der Waals surface area contributed by atoms with Crippen molar-refractivity contribution >= 4 is 11.8 Å². The predicted octanol–water partition coefficient (Wildman–Crippen LogP) is 3.53. The number of benzene rings is 2. The number of primary amides is 1. The zero-order valence-electron chi connectivity index (χ0n) is 17.0. The summed E-state index contributed by atoms with van der Waals surface area (Å²) < 4.78 is 27.6. The molecule has 2 N–H and O–H groups in total. The summed E-state index contributed by atoms with van der Waals surface area (Å²) in [5, 5.41) is 8.79. The highest BCUT2D eigenvalue weighted by molar-refractivity contribution is 5.96. The number of carbonyl (C=O) groups excluding carboxylic acids is 2. The number of nitrogens with zero attached hydrogens (tertiary/aromatic N) is 3. The van der Waals surface area contributed by atoms with Gasteiger partial charge in [0.2, 0.25) is 5.91 Å². The van der Waals surface area contributed by atoms with Crippen molar-refractivity contribution in [3.8, 4) is 6.07 Å². The van der Waals surface area contributed by atoms with E-state index >= 15 is 0 Å². The number of pyridine rings is 1. The van der Waals surface area contributed by atoms with Crippen molar-refractivity contribution in [2.75, 3.05) is 6.54 Å². The first-order valence-corrected chi connectivity index (χ1v) is 9.84. The van der Waals surface area contributed by atoms with Gasteiger partial charge < -0.3 is 10.6 Å². The molecule has 8 heteroatoms. The van der Waals surface area contributed by atoms with Crippen LogP contribution in [0.2, 0.25) is 0 Å². The first kappa shape index (κ1) is 22.6. The standard InChI is InChI=1S/C18H14F2N4O2.C6H6/c19-11-5-14-13(15(20)6-11)3-4-16(14)24(9-17(22)25)18(26)10-1-2-12(7-21)23-8-10;1-2-4-6-5-3-1/h1-2,5-6,8,16H,3-4,9H2,(H2,22,25);1-6H. The third kappa shape index (κ3) is 5.32. The lowest BCUT2D eigenvalue weighted by Crippen LogP contribution is -2.40. The van der Waals surface area contributed by atoms with E-state index in [0.717, 1.165) is 6.07 Å². The fourth-order valence-electron chi connectivity index (χ4n) is 3.57. The highest BCUT2D eigenvalue weighted by atomic mass is 19.1. The lowest BCUT2D eigenvalue weighted by atomic mass is 10.0. The second kappa shape index (κ2) is 10.3. The molecular formula is C24H20F2N4O2. The van der Waals surface area contributed by atoms with Crippen molar-refractivity contribution in [2.24, 2.45) is 5.73 Å². The average molecular weight is 434 g/mol. The van der Waals surface area contributed by atoms with E-state index in [-0.39, 0.29) is 11.3 Å². The topological polar surface area (TPSA) is 100 Å². The molecule has 0 fully saturated rings. The van der Waals surface area contributed by atoms with Crippen LogP contribution < -0.4 is 5.73 Å². The third-order valence-corrected chi connectivity index (χ3v) is 4.98. The molecule has 162 valence electrons. The molecule has 1 aliphatic carbocycles. The highest BCUT2D eigenvalue weighted by Crippen LogP contribution is 2.38. The van der Waals surface area contributed by atoms with Gasteiger partial charge in [-0.15, -0.1) is 0 Å². The Labute approximate surface area is 183 Å². The van der Waals surface area contributed by atoms with E-state index in [9.17, 15) is 18.4 Å². The number of aromatic nitrogens is 1. The number of nitriles is 1. The molecule has 32 heavy (non-hydrogen) atoms. The Morgan fingerprint density at radius 2 is 1.78 bits per heavy atom. The molecule has 1 unspecified atom stereocenters. The molecular weight excluding hydrogens is 414 g/mol. The molecule has 0 aliphatic heterocycles. The van der Waals surface area contributed by atoms with Gasteiger partial charge in [-0.3, -0.25) is 9.59 Å². The fourth-order valence-corrected chi connectivity index (χ4v) is 3.57. The maximum absolute atomic E-state index is 14.0. The summed E-state index contributed by atoms with van der Waals surface area (Å²) in [6.07, 6.45) is 1.88. The number of rotatable bonds is 4. The Kier molecular flexibility index (Phi) is 7.24. The third-order valence-electron chi connectivity index (χ3n) is 4.98. The summed E-state index contributed by atoms with van der Waals surface area (Å²) in [6, 6.07) is 17.9. The largest absolute Gasteiger partial charge is 0.368 e. The first-order valence-electron chi connectivity index (χ1n) is 9.84. The van der Waals surface area contributed by atoms with Gasteiger partial charge in [0.05, 0.1) is 11.6 Å². The van der Waals surface area contributed by atoms with Crippen LogP contribution in [0.15, 0.2) is 66.9 Å². The minimum absolute atomic E-state index is 0.137. The molecule has 3 aromatic rings. The van der Waals surface area contributed by atoms with Gasteiger partial charge in [-0.1, -0.05) is 36.4 Å². The Morgan fingerprint density at radius 1 is 1.12 bits per heavy atom. The van der Waals surface area contributed by atoms with Crippen LogP contribution in [-0.4, -0.2) is 28.2 Å². The van der Waals surface area contributed by atoms with E-state index in [1.54, 1.807) is 0 Å². The van der Waals surface area contributed by atoms with E-state index < -0.39 is 36.0 Å². The summed E-state index contributed by atoms with van der Waals surface area (Å²) >= 11 is 0. The highest BCUT2D eigenvalue weighted by Gasteiger charge is 2.34. The SMILES string of the molecule is N#Cc1ccc(C(=O)N(CC(N)=O)C2CCc3c(F)cc(F)cc32)cn1.c1ccccc1. The van der Waals surface area contributed by atoms with Crippen LogP contribution in [0.5, 0.6) is 0 Å². The van der Waals surface area contributed by atoms with Crippen LogP contribution in [0.4, 0.5) is 8.78 Å². The Morgan fingerprint density at radius 3 is 2.31 bits per heavy atom. The smallest absolute Gasteiger partial charge is 0.256 e. The summed E-state index contributed by atoms with van der Waals surface area (Å²) in [4.78, 5) is 29.3. The molecule has 1 aromatic heterocycles. The molecule has 0 spiro atoms. The average Bonchev–Trinajstić information content (AvgIpc) is 3.22. The number of hydrogen-bond acceptors (Lipinski definition) is 4. The van der Waals surface area contributed by atoms with Crippen molar-refractivity contribution in [2.45, 2.75) is 18.9 Å². The molecule has 0 saturated carbocycles. The van der Waals surface area contributed by atoms with Gasteiger partial charge in [0.15, 0.2) is 0 Å². The van der Waals surface area contributed by atoms with Crippen molar-refractivity contribution in [1.29, 1.82) is 5.26 Å². The van der Waals surface area contributed by atoms with Gasteiger partial charge in [0.1, 0.15) is 29.9 Å². The van der Waals surface area contributed by atoms with Gasteiger partial charge in [0, 0.05) is 12.3 Å². The van der Waals surface area contributed by atoms with E-state index in [1.165, 1.54) is 29.3 Å². The summed E-state index contributed by atoms with van der Waals surface area (Å²) in [6.45, 7) is -0.402. The van der Waals surface area contributed by atoms with Gasteiger partial charge in [-0.05, 0) is 42.2 Å². The molecule has 2 aromatic carbocycles. The maximum Gasteiger partial charge on any atom is 0.256 e. The second-order valence-corrected chi connectivity index (χ2v) is 7.11. The van der Waals surface area contributed by atoms with E-state index in [1.807, 2.05) is 42.5 Å². The number of nitrogens with two attached hydrogens (primary N) is 1. The molecule has 0 saturated heterocycles. The van der Waals surface area contributed by atoms with E-state index in [0.29, 0.717) is 24.0 Å². The number of amides is 2. The van der Waals surface area contributed by atoms with Crippen molar-refractivity contribution in [3.05, 3.63) is 101 Å². The van der Waals surface area contributed by atoms with E-state index in [4.69, 9.17) is 11.0 Å². The lowest BCUT2D eigenvalue weighted by Gasteiger charge is -2.28. The van der Waals surface area contributed by atoms with Gasteiger partial charge in [-0.2, -0.15) is 5.26 Å². The van der Waals surface area contributed by atoms with Crippen LogP contribution in [0.3, 0.4) is 0 Å².